The SMILES string of the molecule is O=C(O)Nc1ccc(F)cc1-c1cc(F)c(F)c(F)c1. The Morgan fingerprint density at radius 1 is 1.00 bits per heavy atom. The molecule has 0 fully saturated rings. The molecular formula is C13H7F4NO2. The second-order valence-electron chi connectivity index (χ2n) is 3.87. The van der Waals surface area contributed by atoms with Crippen LogP contribution < -0.4 is 5.32 Å². The van der Waals surface area contributed by atoms with Crippen LogP contribution in [0.1, 0.15) is 0 Å². The molecule has 3 nitrogen and oxygen atoms in total. The molecule has 0 unspecified atom stereocenters. The van der Waals surface area contributed by atoms with Crippen LogP contribution >= 0.6 is 0 Å². The van der Waals surface area contributed by atoms with Gasteiger partial charge in [0.05, 0.1) is 5.69 Å². The van der Waals surface area contributed by atoms with Gasteiger partial charge in [-0.05, 0) is 35.9 Å². The highest BCUT2D eigenvalue weighted by molar-refractivity contribution is 5.90. The molecular weight excluding hydrogens is 278 g/mol. The average molecular weight is 285 g/mol. The molecule has 2 N–H and O–H groups in total. The van der Waals surface area contributed by atoms with E-state index in [1.54, 1.807) is 0 Å². The third-order valence-electron chi connectivity index (χ3n) is 2.52. The molecule has 0 heterocycles. The number of hydrogen-bond acceptors (Lipinski definition) is 1. The molecule has 20 heavy (non-hydrogen) atoms. The fourth-order valence-electron chi connectivity index (χ4n) is 1.69. The van der Waals surface area contributed by atoms with Gasteiger partial charge in [0, 0.05) is 5.56 Å². The minimum absolute atomic E-state index is 0.0793. The Morgan fingerprint density at radius 2 is 1.60 bits per heavy atom. The lowest BCUT2D eigenvalue weighted by Gasteiger charge is -2.10. The number of carboxylic acid groups (broad SMARTS) is 1. The van der Waals surface area contributed by atoms with Crippen LogP contribution in [-0.4, -0.2) is 11.2 Å². The highest BCUT2D eigenvalue weighted by Crippen LogP contribution is 2.31. The van der Waals surface area contributed by atoms with Crippen LogP contribution in [0.4, 0.5) is 28.0 Å². The monoisotopic (exact) mass is 285 g/mol. The van der Waals surface area contributed by atoms with Crippen molar-refractivity contribution in [1.82, 2.24) is 0 Å². The van der Waals surface area contributed by atoms with Gasteiger partial charge >= 0.3 is 6.09 Å². The third kappa shape index (κ3) is 2.71. The van der Waals surface area contributed by atoms with Crippen molar-refractivity contribution in [2.24, 2.45) is 0 Å². The summed E-state index contributed by atoms with van der Waals surface area (Å²) in [6.07, 6.45) is -1.43. The molecule has 0 radical (unpaired) electrons. The van der Waals surface area contributed by atoms with E-state index in [9.17, 15) is 22.4 Å². The summed E-state index contributed by atoms with van der Waals surface area (Å²) in [7, 11) is 0. The molecule has 0 aliphatic rings. The first-order valence-electron chi connectivity index (χ1n) is 5.33. The number of anilines is 1. The van der Waals surface area contributed by atoms with Gasteiger partial charge in [0.25, 0.3) is 0 Å². The first-order chi connectivity index (χ1) is 9.38. The third-order valence-corrected chi connectivity index (χ3v) is 2.52. The summed E-state index contributed by atoms with van der Waals surface area (Å²) >= 11 is 0. The van der Waals surface area contributed by atoms with Crippen molar-refractivity contribution < 1.29 is 27.5 Å². The standard InChI is InChI=1S/C13H7F4NO2/c14-7-1-2-11(18-13(19)20)8(5-7)6-3-9(15)12(17)10(16)4-6/h1-5,18H,(H,19,20). The Kier molecular flexibility index (Phi) is 3.60. The molecule has 0 aromatic heterocycles. The lowest BCUT2D eigenvalue weighted by molar-refractivity contribution is 0.210. The zero-order chi connectivity index (χ0) is 14.9. The molecule has 1 amide bonds. The molecule has 0 saturated heterocycles. The zero-order valence-corrected chi connectivity index (χ0v) is 9.75. The quantitative estimate of drug-likeness (QED) is 0.647. The molecule has 0 aliphatic heterocycles. The summed E-state index contributed by atoms with van der Waals surface area (Å²) in [5.41, 5.74) is -0.376. The molecule has 2 aromatic rings. The van der Waals surface area contributed by atoms with E-state index < -0.39 is 29.4 Å². The number of nitrogens with one attached hydrogen (secondary N) is 1. The smallest absolute Gasteiger partial charge is 0.409 e. The normalized spacial score (nSPS) is 10.4. The summed E-state index contributed by atoms with van der Waals surface area (Å²) in [6.45, 7) is 0. The summed E-state index contributed by atoms with van der Waals surface area (Å²) in [5, 5.41) is 10.6. The fraction of sp³-hybridized carbons (Fsp3) is 0. The minimum atomic E-state index is -1.65. The molecule has 0 spiro atoms. The van der Waals surface area contributed by atoms with E-state index in [4.69, 9.17) is 5.11 Å². The van der Waals surface area contributed by atoms with Gasteiger partial charge in [-0.1, -0.05) is 0 Å². The number of carbonyl (C=O) groups is 1. The highest BCUT2D eigenvalue weighted by atomic mass is 19.2. The van der Waals surface area contributed by atoms with Crippen molar-refractivity contribution in [3.8, 4) is 11.1 Å². The van der Waals surface area contributed by atoms with Crippen LogP contribution in [0.5, 0.6) is 0 Å². The lowest BCUT2D eigenvalue weighted by atomic mass is 10.0. The number of halogens is 4. The molecule has 0 saturated carbocycles. The zero-order valence-electron chi connectivity index (χ0n) is 9.75. The maximum absolute atomic E-state index is 13.2. The lowest BCUT2D eigenvalue weighted by Crippen LogP contribution is -2.08. The topological polar surface area (TPSA) is 49.3 Å². The Labute approximate surface area is 110 Å². The highest BCUT2D eigenvalue weighted by Gasteiger charge is 2.15. The van der Waals surface area contributed by atoms with Crippen LogP contribution in [0.15, 0.2) is 30.3 Å². The molecule has 2 rings (SSSR count). The predicted octanol–water partition coefficient (Wildman–Crippen LogP) is 4.00. The van der Waals surface area contributed by atoms with E-state index in [2.05, 4.69) is 0 Å². The van der Waals surface area contributed by atoms with E-state index in [0.717, 1.165) is 18.2 Å². The minimum Gasteiger partial charge on any atom is -0.465 e. The van der Waals surface area contributed by atoms with Gasteiger partial charge in [-0.2, -0.15) is 0 Å². The molecule has 0 bridgehead atoms. The average Bonchev–Trinajstić information content (AvgIpc) is 2.37. The predicted molar refractivity (Wildman–Crippen MR) is 63.4 cm³/mol. The van der Waals surface area contributed by atoms with E-state index >= 15 is 0 Å². The maximum atomic E-state index is 13.2. The summed E-state index contributed by atoms with van der Waals surface area (Å²) < 4.78 is 52.4. The van der Waals surface area contributed by atoms with Crippen LogP contribution in [0, 0.1) is 23.3 Å². The van der Waals surface area contributed by atoms with Crippen molar-refractivity contribution in [1.29, 1.82) is 0 Å². The molecule has 0 atom stereocenters. The second-order valence-corrected chi connectivity index (χ2v) is 3.87. The number of benzene rings is 2. The van der Waals surface area contributed by atoms with Gasteiger partial charge in [0.15, 0.2) is 17.5 Å². The van der Waals surface area contributed by atoms with Crippen LogP contribution in [0.3, 0.4) is 0 Å². The molecule has 7 heteroatoms. The van der Waals surface area contributed by atoms with Gasteiger partial charge in [0.1, 0.15) is 5.82 Å². The number of amides is 1. The van der Waals surface area contributed by atoms with Gasteiger partial charge in [-0.15, -0.1) is 0 Å². The first-order valence-corrected chi connectivity index (χ1v) is 5.33. The van der Waals surface area contributed by atoms with Gasteiger partial charge in [-0.3, -0.25) is 5.32 Å². The summed E-state index contributed by atoms with van der Waals surface area (Å²) in [6, 6.07) is 4.26. The molecule has 0 aliphatic carbocycles. The van der Waals surface area contributed by atoms with Gasteiger partial charge in [-0.25, -0.2) is 22.4 Å². The Morgan fingerprint density at radius 3 is 2.15 bits per heavy atom. The van der Waals surface area contributed by atoms with Crippen molar-refractivity contribution in [3.05, 3.63) is 53.6 Å². The van der Waals surface area contributed by atoms with E-state index in [1.807, 2.05) is 5.32 Å². The second kappa shape index (κ2) is 5.20. The van der Waals surface area contributed by atoms with Crippen molar-refractivity contribution >= 4 is 11.8 Å². The Hall–Kier alpha value is -2.57. The fourth-order valence-corrected chi connectivity index (χ4v) is 1.69. The van der Waals surface area contributed by atoms with Crippen molar-refractivity contribution in [3.63, 3.8) is 0 Å². The Balaban J connectivity index is 2.61. The van der Waals surface area contributed by atoms with Crippen LogP contribution in [0.2, 0.25) is 0 Å². The maximum Gasteiger partial charge on any atom is 0.409 e. The van der Waals surface area contributed by atoms with E-state index in [1.165, 1.54) is 0 Å². The van der Waals surface area contributed by atoms with E-state index in [0.29, 0.717) is 12.1 Å². The van der Waals surface area contributed by atoms with E-state index in [-0.39, 0.29) is 16.8 Å². The summed E-state index contributed by atoms with van der Waals surface area (Å²) in [5.74, 6) is -5.30. The first kappa shape index (κ1) is 13.9. The van der Waals surface area contributed by atoms with Gasteiger partial charge in [0.2, 0.25) is 0 Å². The Bertz CT molecular complexity index is 665. The summed E-state index contributed by atoms with van der Waals surface area (Å²) in [4.78, 5) is 10.6. The molecule has 2 aromatic carbocycles. The molecule has 104 valence electrons. The van der Waals surface area contributed by atoms with Crippen LogP contribution in [-0.2, 0) is 0 Å². The number of hydrogen-bond donors (Lipinski definition) is 2. The number of rotatable bonds is 2. The largest absolute Gasteiger partial charge is 0.465 e. The van der Waals surface area contributed by atoms with Crippen molar-refractivity contribution in [2.75, 3.05) is 5.32 Å². The van der Waals surface area contributed by atoms with Gasteiger partial charge < -0.3 is 5.11 Å². The van der Waals surface area contributed by atoms with Crippen LogP contribution in [0.25, 0.3) is 11.1 Å². The van der Waals surface area contributed by atoms with Crippen molar-refractivity contribution in [2.45, 2.75) is 0 Å².